The molecule has 4 atom stereocenters. The fourth-order valence-corrected chi connectivity index (χ4v) is 2.64. The highest BCUT2D eigenvalue weighted by molar-refractivity contribution is 6.01. The molecule has 2 heterocycles. The summed E-state index contributed by atoms with van der Waals surface area (Å²) in [6, 6.07) is 0. The Kier molecular flexibility index (Phi) is 7.66. The molecule has 2 aliphatic rings. The molecule has 0 spiro atoms. The number of amides is 3. The lowest BCUT2D eigenvalue weighted by Crippen LogP contribution is -2.49. The first-order valence-electron chi connectivity index (χ1n) is 8.74. The topological polar surface area (TPSA) is 152 Å². The van der Waals surface area contributed by atoms with Crippen LogP contribution in [0.25, 0.3) is 0 Å². The molecule has 0 bridgehead atoms. The molecular formula is C16H24N2O9. The van der Waals surface area contributed by atoms with Gasteiger partial charge in [-0.1, -0.05) is 0 Å². The Hall–Kier alpha value is -2.08. The van der Waals surface area contributed by atoms with E-state index in [1.165, 1.54) is 0 Å². The van der Waals surface area contributed by atoms with Gasteiger partial charge in [-0.25, -0.2) is 4.79 Å². The van der Waals surface area contributed by atoms with Crippen LogP contribution in [0.3, 0.4) is 0 Å². The SMILES string of the molecule is C[C@H]1C[C@@H](O)[C@H](O)[C@H](OCCNC(=O)CCC(=O)ON2C(=O)CCC2=O)O1. The van der Waals surface area contributed by atoms with Crippen LogP contribution in [0.1, 0.15) is 39.0 Å². The normalized spacial score (nSPS) is 28.3. The second-order valence-electron chi connectivity index (χ2n) is 6.37. The number of aliphatic hydroxyl groups excluding tert-OH is 2. The van der Waals surface area contributed by atoms with Crippen molar-refractivity contribution in [3.05, 3.63) is 0 Å². The maximum absolute atomic E-state index is 11.7. The summed E-state index contributed by atoms with van der Waals surface area (Å²) in [6.45, 7) is 1.89. The van der Waals surface area contributed by atoms with E-state index in [0.717, 1.165) is 0 Å². The molecule has 152 valence electrons. The summed E-state index contributed by atoms with van der Waals surface area (Å²) >= 11 is 0. The minimum absolute atomic E-state index is 0.00180. The predicted octanol–water partition coefficient (Wildman–Crippen LogP) is -1.64. The zero-order chi connectivity index (χ0) is 20.0. The molecule has 0 aromatic carbocycles. The smallest absolute Gasteiger partial charge is 0.333 e. The van der Waals surface area contributed by atoms with Gasteiger partial charge in [-0.2, -0.15) is 0 Å². The van der Waals surface area contributed by atoms with Crippen molar-refractivity contribution in [3.63, 3.8) is 0 Å². The number of hydrogen-bond donors (Lipinski definition) is 3. The Morgan fingerprint density at radius 2 is 1.89 bits per heavy atom. The van der Waals surface area contributed by atoms with Gasteiger partial charge in [-0.15, -0.1) is 5.06 Å². The van der Waals surface area contributed by atoms with E-state index in [4.69, 9.17) is 9.47 Å². The minimum atomic E-state index is -1.16. The van der Waals surface area contributed by atoms with Gasteiger partial charge in [0.25, 0.3) is 11.8 Å². The lowest BCUT2D eigenvalue weighted by Gasteiger charge is -2.35. The third-order valence-corrected chi connectivity index (χ3v) is 4.07. The molecule has 2 rings (SSSR count). The van der Waals surface area contributed by atoms with Crippen LogP contribution in [0, 0.1) is 0 Å². The molecule has 0 saturated carbocycles. The Morgan fingerprint density at radius 3 is 2.56 bits per heavy atom. The molecule has 3 N–H and O–H groups in total. The fourth-order valence-electron chi connectivity index (χ4n) is 2.64. The van der Waals surface area contributed by atoms with E-state index < -0.39 is 42.2 Å². The van der Waals surface area contributed by atoms with Gasteiger partial charge in [0.05, 0.1) is 25.2 Å². The van der Waals surface area contributed by atoms with E-state index in [0.29, 0.717) is 11.5 Å². The highest BCUT2D eigenvalue weighted by atomic mass is 16.7. The van der Waals surface area contributed by atoms with Crippen molar-refractivity contribution in [2.45, 2.75) is 63.6 Å². The lowest BCUT2D eigenvalue weighted by atomic mass is 10.0. The number of imide groups is 1. The third-order valence-electron chi connectivity index (χ3n) is 4.07. The van der Waals surface area contributed by atoms with Crippen LogP contribution in [0.2, 0.25) is 0 Å². The Morgan fingerprint density at radius 1 is 1.22 bits per heavy atom. The molecule has 11 heteroatoms. The largest absolute Gasteiger partial charge is 0.390 e. The highest BCUT2D eigenvalue weighted by Crippen LogP contribution is 2.20. The van der Waals surface area contributed by atoms with E-state index in [1.54, 1.807) is 6.92 Å². The van der Waals surface area contributed by atoms with Crippen LogP contribution in [-0.4, -0.2) is 76.7 Å². The molecular weight excluding hydrogens is 364 g/mol. The van der Waals surface area contributed by atoms with Crippen molar-refractivity contribution in [3.8, 4) is 0 Å². The van der Waals surface area contributed by atoms with E-state index in [2.05, 4.69) is 10.2 Å². The summed E-state index contributed by atoms with van der Waals surface area (Å²) in [5, 5.41) is 22.4. The van der Waals surface area contributed by atoms with Crippen molar-refractivity contribution in [2.75, 3.05) is 13.2 Å². The monoisotopic (exact) mass is 388 g/mol. The molecule has 2 aliphatic heterocycles. The number of carbonyl (C=O) groups excluding carboxylic acids is 4. The van der Waals surface area contributed by atoms with E-state index in [1.807, 2.05) is 0 Å². The van der Waals surface area contributed by atoms with Gasteiger partial charge in [-0.05, 0) is 6.92 Å². The number of aliphatic hydroxyl groups is 2. The maximum atomic E-state index is 11.7. The van der Waals surface area contributed by atoms with Crippen LogP contribution in [0.15, 0.2) is 0 Å². The number of hydroxylamine groups is 2. The quantitative estimate of drug-likeness (QED) is 0.328. The number of rotatable bonds is 8. The van der Waals surface area contributed by atoms with Gasteiger partial charge >= 0.3 is 5.97 Å². The number of hydrogen-bond acceptors (Lipinski definition) is 9. The number of ether oxygens (including phenoxy) is 2. The van der Waals surface area contributed by atoms with E-state index in [9.17, 15) is 29.4 Å². The molecule has 0 radical (unpaired) electrons. The van der Waals surface area contributed by atoms with Crippen molar-refractivity contribution >= 4 is 23.7 Å². The maximum Gasteiger partial charge on any atom is 0.333 e. The lowest BCUT2D eigenvalue weighted by molar-refractivity contribution is -0.262. The van der Waals surface area contributed by atoms with Crippen molar-refractivity contribution < 1.29 is 43.7 Å². The molecule has 0 aliphatic carbocycles. The van der Waals surface area contributed by atoms with Gasteiger partial charge in [0.2, 0.25) is 5.91 Å². The Labute approximate surface area is 155 Å². The van der Waals surface area contributed by atoms with Gasteiger partial charge in [-0.3, -0.25) is 14.4 Å². The molecule has 0 unspecified atom stereocenters. The zero-order valence-corrected chi connectivity index (χ0v) is 15.0. The van der Waals surface area contributed by atoms with Crippen LogP contribution in [0.4, 0.5) is 0 Å². The standard InChI is InChI=1S/C16H24N2O9/c1-9-8-10(19)15(24)16(26-9)25-7-6-17-11(20)2-5-14(23)27-18-12(21)3-4-13(18)22/h9-10,15-16,19,24H,2-8H2,1H3,(H,17,20)/t9-,10+,15-,16+/m0/s1. The van der Waals surface area contributed by atoms with Gasteiger partial charge in [0.1, 0.15) is 6.10 Å². The highest BCUT2D eigenvalue weighted by Gasteiger charge is 2.35. The molecule has 27 heavy (non-hydrogen) atoms. The summed E-state index contributed by atoms with van der Waals surface area (Å²) < 4.78 is 10.7. The molecule has 3 amide bonds. The molecule has 2 fully saturated rings. The molecule has 0 aromatic heterocycles. The number of carbonyl (C=O) groups is 4. The van der Waals surface area contributed by atoms with Crippen LogP contribution in [-0.2, 0) is 33.5 Å². The van der Waals surface area contributed by atoms with Gasteiger partial charge < -0.3 is 29.8 Å². The summed E-state index contributed by atoms with van der Waals surface area (Å²) in [6.07, 6.45) is -3.51. The van der Waals surface area contributed by atoms with Crippen LogP contribution in [0.5, 0.6) is 0 Å². The average Bonchev–Trinajstić information content (AvgIpc) is 2.92. The second kappa shape index (κ2) is 9.74. The van der Waals surface area contributed by atoms with Crippen molar-refractivity contribution in [1.82, 2.24) is 10.4 Å². The first-order chi connectivity index (χ1) is 12.8. The second-order valence-corrected chi connectivity index (χ2v) is 6.37. The Balaban J connectivity index is 1.59. The van der Waals surface area contributed by atoms with Crippen molar-refractivity contribution in [2.24, 2.45) is 0 Å². The molecule has 0 aromatic rings. The number of nitrogens with zero attached hydrogens (tertiary/aromatic N) is 1. The van der Waals surface area contributed by atoms with Crippen LogP contribution < -0.4 is 5.32 Å². The first kappa shape index (κ1) is 21.2. The zero-order valence-electron chi connectivity index (χ0n) is 15.0. The first-order valence-corrected chi connectivity index (χ1v) is 8.74. The minimum Gasteiger partial charge on any atom is -0.390 e. The van der Waals surface area contributed by atoms with Gasteiger partial charge in [0.15, 0.2) is 6.29 Å². The van der Waals surface area contributed by atoms with Crippen LogP contribution >= 0.6 is 0 Å². The van der Waals surface area contributed by atoms with Crippen molar-refractivity contribution in [1.29, 1.82) is 0 Å². The summed E-state index contributed by atoms with van der Waals surface area (Å²) in [4.78, 5) is 50.6. The fraction of sp³-hybridized carbons (Fsp3) is 0.750. The van der Waals surface area contributed by atoms with E-state index in [-0.39, 0.29) is 44.9 Å². The third kappa shape index (κ3) is 6.24. The summed E-state index contributed by atoms with van der Waals surface area (Å²) in [7, 11) is 0. The van der Waals surface area contributed by atoms with E-state index >= 15 is 0 Å². The molecule has 11 nitrogen and oxygen atoms in total. The predicted molar refractivity (Wildman–Crippen MR) is 86.3 cm³/mol. The molecule has 2 saturated heterocycles. The summed E-state index contributed by atoms with van der Waals surface area (Å²) in [5.41, 5.74) is 0. The average molecular weight is 388 g/mol. The Bertz CT molecular complexity index is 566. The van der Waals surface area contributed by atoms with Gasteiger partial charge in [0, 0.05) is 32.2 Å². The summed E-state index contributed by atoms with van der Waals surface area (Å²) in [5.74, 6) is -2.47. The number of nitrogens with one attached hydrogen (secondary N) is 1.